The summed E-state index contributed by atoms with van der Waals surface area (Å²) in [5.41, 5.74) is 2.52. The molecule has 0 aliphatic heterocycles. The van der Waals surface area contributed by atoms with Gasteiger partial charge in [-0.3, -0.25) is 9.59 Å². The predicted octanol–water partition coefficient (Wildman–Crippen LogP) is 5.90. The zero-order valence-corrected chi connectivity index (χ0v) is 18.2. The number of hydrogen-bond donors (Lipinski definition) is 2. The Morgan fingerprint density at radius 2 is 1.65 bits per heavy atom. The molecule has 2 amide bonds. The van der Waals surface area contributed by atoms with Crippen molar-refractivity contribution in [3.8, 4) is 0 Å². The van der Waals surface area contributed by atoms with E-state index in [4.69, 9.17) is 0 Å². The van der Waals surface area contributed by atoms with Gasteiger partial charge in [0.05, 0.1) is 17.2 Å². The Morgan fingerprint density at radius 1 is 0.935 bits per heavy atom. The number of aryl methyl sites for hydroxylation is 1. The number of benzene rings is 2. The minimum atomic E-state index is -0.582. The van der Waals surface area contributed by atoms with Crippen LogP contribution in [0.2, 0.25) is 0 Å². The Bertz CT molecular complexity index is 1090. The molecule has 6 heteroatoms. The van der Waals surface area contributed by atoms with Gasteiger partial charge in [-0.1, -0.05) is 48.9 Å². The number of halogens is 1. The molecule has 1 aliphatic carbocycles. The van der Waals surface area contributed by atoms with Crippen molar-refractivity contribution in [2.45, 2.75) is 45.1 Å². The minimum Gasteiger partial charge on any atom is -0.345 e. The minimum absolute atomic E-state index is 0.0323. The molecule has 0 spiro atoms. The zero-order chi connectivity index (χ0) is 21.8. The Balaban J connectivity index is 1.65. The second-order valence-corrected chi connectivity index (χ2v) is 8.91. The highest BCUT2D eigenvalue weighted by Crippen LogP contribution is 2.38. The van der Waals surface area contributed by atoms with E-state index >= 15 is 0 Å². The van der Waals surface area contributed by atoms with Crippen LogP contribution in [-0.4, -0.2) is 11.8 Å². The molecule has 31 heavy (non-hydrogen) atoms. The second-order valence-electron chi connectivity index (χ2n) is 7.81. The number of hydrogen-bond acceptors (Lipinski definition) is 3. The molecule has 0 saturated carbocycles. The van der Waals surface area contributed by atoms with E-state index in [-0.39, 0.29) is 17.5 Å². The van der Waals surface area contributed by atoms with Gasteiger partial charge in [0.2, 0.25) is 0 Å². The quantitative estimate of drug-likeness (QED) is 0.489. The standard InChI is InChI=1S/C25H25FN2O2S/c1-16(17-10-4-2-5-11-17)27-24(30)22-19-13-6-3-7-15-21(19)31-25(22)28-23(29)18-12-8-9-14-20(18)26/h2,4-5,8-12,14,16H,3,6-7,13,15H2,1H3,(H,27,30)(H,28,29)/t16-/m1/s1. The lowest BCUT2D eigenvalue weighted by atomic mass is 10.0. The molecule has 0 unspecified atom stereocenters. The van der Waals surface area contributed by atoms with Crippen LogP contribution >= 0.6 is 11.3 Å². The lowest BCUT2D eigenvalue weighted by Gasteiger charge is -2.16. The maximum Gasteiger partial charge on any atom is 0.259 e. The highest BCUT2D eigenvalue weighted by atomic mass is 32.1. The van der Waals surface area contributed by atoms with Crippen molar-refractivity contribution in [2.75, 3.05) is 5.32 Å². The molecule has 3 aromatic rings. The summed E-state index contributed by atoms with van der Waals surface area (Å²) in [4.78, 5) is 27.2. The molecular weight excluding hydrogens is 411 g/mol. The van der Waals surface area contributed by atoms with E-state index in [0.717, 1.165) is 48.1 Å². The largest absolute Gasteiger partial charge is 0.345 e. The summed E-state index contributed by atoms with van der Waals surface area (Å²) < 4.78 is 14.1. The number of rotatable bonds is 5. The number of carbonyl (C=O) groups excluding carboxylic acids is 2. The van der Waals surface area contributed by atoms with Crippen LogP contribution in [0.3, 0.4) is 0 Å². The number of thiophene rings is 1. The molecule has 0 fully saturated rings. The molecule has 0 radical (unpaired) electrons. The number of amides is 2. The summed E-state index contributed by atoms with van der Waals surface area (Å²) in [7, 11) is 0. The van der Waals surface area contributed by atoms with Crippen LogP contribution < -0.4 is 10.6 Å². The lowest BCUT2D eigenvalue weighted by Crippen LogP contribution is -2.28. The SMILES string of the molecule is C[C@@H](NC(=O)c1c(NC(=O)c2ccccc2F)sc2c1CCCCC2)c1ccccc1. The van der Waals surface area contributed by atoms with Crippen molar-refractivity contribution in [3.05, 3.63) is 87.5 Å². The topological polar surface area (TPSA) is 58.2 Å². The zero-order valence-electron chi connectivity index (χ0n) is 17.4. The van der Waals surface area contributed by atoms with Gasteiger partial charge < -0.3 is 10.6 Å². The van der Waals surface area contributed by atoms with E-state index in [0.29, 0.717) is 10.6 Å². The Hall–Kier alpha value is -2.99. The van der Waals surface area contributed by atoms with Gasteiger partial charge in [-0.15, -0.1) is 11.3 Å². The summed E-state index contributed by atoms with van der Waals surface area (Å²) in [5, 5.41) is 6.39. The molecule has 1 heterocycles. The van der Waals surface area contributed by atoms with Gasteiger partial charge in [0.25, 0.3) is 11.8 Å². The van der Waals surface area contributed by atoms with Gasteiger partial charge in [0.15, 0.2) is 0 Å². The van der Waals surface area contributed by atoms with Crippen LogP contribution in [0.15, 0.2) is 54.6 Å². The molecule has 0 bridgehead atoms. The Morgan fingerprint density at radius 3 is 2.42 bits per heavy atom. The first-order valence-corrected chi connectivity index (χ1v) is 11.4. The van der Waals surface area contributed by atoms with E-state index in [2.05, 4.69) is 10.6 Å². The van der Waals surface area contributed by atoms with Crippen LogP contribution in [0.4, 0.5) is 9.39 Å². The average molecular weight is 437 g/mol. The maximum absolute atomic E-state index is 14.1. The smallest absolute Gasteiger partial charge is 0.259 e. The summed E-state index contributed by atoms with van der Waals surface area (Å²) in [6.07, 6.45) is 4.91. The van der Waals surface area contributed by atoms with Crippen LogP contribution in [-0.2, 0) is 12.8 Å². The summed E-state index contributed by atoms with van der Waals surface area (Å²) in [6.45, 7) is 1.94. The highest BCUT2D eigenvalue weighted by molar-refractivity contribution is 7.17. The highest BCUT2D eigenvalue weighted by Gasteiger charge is 2.27. The molecule has 1 aliphatic rings. The van der Waals surface area contributed by atoms with Crippen molar-refractivity contribution >= 4 is 28.2 Å². The first kappa shape index (κ1) is 21.2. The third-order valence-electron chi connectivity index (χ3n) is 5.64. The van der Waals surface area contributed by atoms with Gasteiger partial charge in [-0.05, 0) is 55.9 Å². The number of fused-ring (bicyclic) bond motifs is 1. The number of anilines is 1. The maximum atomic E-state index is 14.1. The molecule has 2 aromatic carbocycles. The van der Waals surface area contributed by atoms with Gasteiger partial charge in [0, 0.05) is 4.88 Å². The summed E-state index contributed by atoms with van der Waals surface area (Å²) in [5.74, 6) is -1.33. The number of carbonyl (C=O) groups is 2. The second kappa shape index (κ2) is 9.43. The fraction of sp³-hybridized carbons (Fsp3) is 0.280. The third-order valence-corrected chi connectivity index (χ3v) is 6.85. The van der Waals surface area contributed by atoms with Crippen molar-refractivity contribution in [1.29, 1.82) is 0 Å². The van der Waals surface area contributed by atoms with E-state index in [9.17, 15) is 14.0 Å². The molecule has 1 aromatic heterocycles. The summed E-state index contributed by atoms with van der Waals surface area (Å²) in [6, 6.07) is 15.5. The fourth-order valence-corrected chi connectivity index (χ4v) is 5.26. The van der Waals surface area contributed by atoms with Crippen LogP contribution in [0.5, 0.6) is 0 Å². The molecule has 0 saturated heterocycles. The normalized spacial score (nSPS) is 14.3. The predicted molar refractivity (Wildman–Crippen MR) is 122 cm³/mol. The summed E-state index contributed by atoms with van der Waals surface area (Å²) >= 11 is 1.44. The molecule has 2 N–H and O–H groups in total. The van der Waals surface area contributed by atoms with Gasteiger partial charge >= 0.3 is 0 Å². The van der Waals surface area contributed by atoms with E-state index in [1.807, 2.05) is 37.3 Å². The van der Waals surface area contributed by atoms with Gasteiger partial charge in [-0.2, -0.15) is 0 Å². The van der Waals surface area contributed by atoms with Crippen LogP contribution in [0.25, 0.3) is 0 Å². The third kappa shape index (κ3) is 4.69. The first-order chi connectivity index (χ1) is 15.0. The average Bonchev–Trinajstić information content (AvgIpc) is 2.95. The molecule has 160 valence electrons. The Labute approximate surface area is 185 Å². The molecule has 4 nitrogen and oxygen atoms in total. The molecule has 1 atom stereocenters. The van der Waals surface area contributed by atoms with Crippen LogP contribution in [0, 0.1) is 5.82 Å². The van der Waals surface area contributed by atoms with Gasteiger partial charge in [0.1, 0.15) is 10.8 Å². The fourth-order valence-electron chi connectivity index (χ4n) is 3.98. The van der Waals surface area contributed by atoms with Crippen molar-refractivity contribution in [1.82, 2.24) is 5.32 Å². The Kier molecular flexibility index (Phi) is 6.47. The van der Waals surface area contributed by atoms with E-state index in [1.54, 1.807) is 12.1 Å². The molecule has 4 rings (SSSR count). The first-order valence-electron chi connectivity index (χ1n) is 10.6. The van der Waals surface area contributed by atoms with E-state index < -0.39 is 11.7 Å². The van der Waals surface area contributed by atoms with E-state index in [1.165, 1.54) is 23.5 Å². The van der Waals surface area contributed by atoms with Crippen molar-refractivity contribution in [2.24, 2.45) is 0 Å². The van der Waals surface area contributed by atoms with Gasteiger partial charge in [-0.25, -0.2) is 4.39 Å². The van der Waals surface area contributed by atoms with Crippen molar-refractivity contribution < 1.29 is 14.0 Å². The monoisotopic (exact) mass is 436 g/mol. The lowest BCUT2D eigenvalue weighted by molar-refractivity contribution is 0.0940. The number of nitrogens with one attached hydrogen (secondary N) is 2. The van der Waals surface area contributed by atoms with Crippen molar-refractivity contribution in [3.63, 3.8) is 0 Å². The van der Waals surface area contributed by atoms with Crippen LogP contribution in [0.1, 0.15) is 68.9 Å². The molecular formula is C25H25FN2O2S.